The second kappa shape index (κ2) is 12.2. The van der Waals surface area contributed by atoms with E-state index in [0.29, 0.717) is 5.92 Å². The minimum absolute atomic E-state index is 0.103. The number of allylic oxidation sites excluding steroid dienone is 8. The molecule has 2 aromatic carbocycles. The van der Waals surface area contributed by atoms with Crippen LogP contribution in [0.4, 0.5) is 0 Å². The van der Waals surface area contributed by atoms with E-state index < -0.39 is 0 Å². The van der Waals surface area contributed by atoms with Gasteiger partial charge in [-0.2, -0.15) is 0 Å². The molecule has 3 aromatic heterocycles. The molecule has 2 unspecified atom stereocenters. The first-order chi connectivity index (χ1) is 21.6. The average molecular weight is 570 g/mol. The summed E-state index contributed by atoms with van der Waals surface area (Å²) in [5, 5.41) is 0. The fourth-order valence-electron chi connectivity index (χ4n) is 6.29. The lowest BCUT2D eigenvalue weighted by atomic mass is 9.75. The van der Waals surface area contributed by atoms with E-state index in [2.05, 4.69) is 129 Å². The molecule has 0 amide bonds. The summed E-state index contributed by atoms with van der Waals surface area (Å²) in [6.45, 7) is 4.58. The van der Waals surface area contributed by atoms with Crippen molar-refractivity contribution in [1.82, 2.24) is 15.0 Å². The fourth-order valence-corrected chi connectivity index (χ4v) is 6.29. The monoisotopic (exact) mass is 569 g/mol. The Morgan fingerprint density at radius 1 is 0.614 bits per heavy atom. The Hall–Kier alpha value is -5.15. The highest BCUT2D eigenvalue weighted by molar-refractivity contribution is 5.87. The van der Waals surface area contributed by atoms with Gasteiger partial charge in [0.05, 0.1) is 22.8 Å². The highest BCUT2D eigenvalue weighted by atomic mass is 14.7. The summed E-state index contributed by atoms with van der Waals surface area (Å²) in [6, 6.07) is 36.0. The first kappa shape index (κ1) is 27.7. The lowest BCUT2D eigenvalue weighted by Crippen LogP contribution is -2.16. The highest BCUT2D eigenvalue weighted by Crippen LogP contribution is 2.44. The number of pyridine rings is 3. The van der Waals surface area contributed by atoms with Gasteiger partial charge in [-0.1, -0.05) is 111 Å². The predicted octanol–water partition coefficient (Wildman–Crippen LogP) is 10.1. The van der Waals surface area contributed by atoms with Crippen LogP contribution in [0.2, 0.25) is 0 Å². The Labute approximate surface area is 260 Å². The van der Waals surface area contributed by atoms with Gasteiger partial charge in [0.2, 0.25) is 0 Å². The molecule has 3 heteroatoms. The van der Waals surface area contributed by atoms with Gasteiger partial charge in [0, 0.05) is 29.4 Å². The zero-order chi connectivity index (χ0) is 29.9. The third kappa shape index (κ3) is 5.74. The standard InChI is InChI=1S/C41H35N3/c1-28-12-11-17-32(22-28)33-19-20-39(43-27-33)37-24-35(38-18-9-10-21-42-38)23-36(29(37)2)34-25-40(30-13-5-3-6-14-30)44-41(26-34)31-15-7-4-8-16-31/h3-11,13-29,36H,12H2,1-2H3/t28?,29?,36-/m0/s1. The molecule has 0 N–H and O–H groups in total. The van der Waals surface area contributed by atoms with E-state index in [1.807, 2.05) is 30.6 Å². The molecule has 44 heavy (non-hydrogen) atoms. The van der Waals surface area contributed by atoms with Crippen LogP contribution >= 0.6 is 0 Å². The van der Waals surface area contributed by atoms with Crippen molar-refractivity contribution in [3.8, 4) is 22.5 Å². The summed E-state index contributed by atoms with van der Waals surface area (Å²) in [4.78, 5) is 14.9. The van der Waals surface area contributed by atoms with Gasteiger partial charge in [-0.05, 0) is 82.5 Å². The Morgan fingerprint density at radius 3 is 1.93 bits per heavy atom. The van der Waals surface area contributed by atoms with Crippen LogP contribution in [0.15, 0.2) is 146 Å². The molecule has 0 bridgehead atoms. The van der Waals surface area contributed by atoms with Crippen LogP contribution in [0, 0.1) is 11.8 Å². The SMILES string of the molecule is CC1C=C(c2ccc(C3=CC(c4ccccn4)=C[C@H](c4cc(-c5ccccc5)nc(-c5ccccc5)c4)C3C)nc2)C=CC1. The lowest BCUT2D eigenvalue weighted by molar-refractivity contribution is 0.652. The number of hydrogen-bond acceptors (Lipinski definition) is 3. The van der Waals surface area contributed by atoms with Gasteiger partial charge in [-0.3, -0.25) is 9.97 Å². The molecular weight excluding hydrogens is 534 g/mol. The summed E-state index contributed by atoms with van der Waals surface area (Å²) < 4.78 is 0. The third-order valence-corrected chi connectivity index (χ3v) is 8.69. The zero-order valence-corrected chi connectivity index (χ0v) is 25.1. The molecule has 0 radical (unpaired) electrons. The second-order valence-corrected chi connectivity index (χ2v) is 11.8. The maximum atomic E-state index is 5.14. The van der Waals surface area contributed by atoms with Gasteiger partial charge in [0.1, 0.15) is 0 Å². The number of nitrogens with zero attached hydrogens (tertiary/aromatic N) is 3. The average Bonchev–Trinajstić information content (AvgIpc) is 3.09. The van der Waals surface area contributed by atoms with Crippen LogP contribution in [0.5, 0.6) is 0 Å². The topological polar surface area (TPSA) is 38.7 Å². The Balaban J connectivity index is 1.34. The van der Waals surface area contributed by atoms with Gasteiger partial charge >= 0.3 is 0 Å². The minimum Gasteiger partial charge on any atom is -0.256 e. The van der Waals surface area contributed by atoms with E-state index in [0.717, 1.165) is 51.5 Å². The molecule has 0 saturated heterocycles. The van der Waals surface area contributed by atoms with E-state index >= 15 is 0 Å². The van der Waals surface area contributed by atoms with Crippen molar-refractivity contribution in [3.63, 3.8) is 0 Å². The maximum Gasteiger partial charge on any atom is 0.0712 e. The smallest absolute Gasteiger partial charge is 0.0712 e. The van der Waals surface area contributed by atoms with Gasteiger partial charge in [-0.15, -0.1) is 0 Å². The van der Waals surface area contributed by atoms with Crippen molar-refractivity contribution in [1.29, 1.82) is 0 Å². The molecule has 3 atom stereocenters. The maximum absolute atomic E-state index is 5.14. The number of benzene rings is 2. The van der Waals surface area contributed by atoms with E-state index in [-0.39, 0.29) is 11.8 Å². The largest absolute Gasteiger partial charge is 0.256 e. The van der Waals surface area contributed by atoms with Gasteiger partial charge < -0.3 is 0 Å². The molecule has 7 rings (SSSR count). The van der Waals surface area contributed by atoms with E-state index in [4.69, 9.17) is 15.0 Å². The number of hydrogen-bond donors (Lipinski definition) is 0. The fraction of sp³-hybridized carbons (Fsp3) is 0.146. The molecule has 0 aliphatic heterocycles. The first-order valence-corrected chi connectivity index (χ1v) is 15.5. The molecule has 0 saturated carbocycles. The quantitative estimate of drug-likeness (QED) is 0.204. The Kier molecular flexibility index (Phi) is 7.69. The van der Waals surface area contributed by atoms with E-state index in [9.17, 15) is 0 Å². The van der Waals surface area contributed by atoms with Crippen LogP contribution in [-0.2, 0) is 0 Å². The normalized spacial score (nSPS) is 19.6. The molecule has 2 aliphatic rings. The van der Waals surface area contributed by atoms with Gasteiger partial charge in [-0.25, -0.2) is 4.98 Å². The molecule has 2 aliphatic carbocycles. The Morgan fingerprint density at radius 2 is 1.32 bits per heavy atom. The van der Waals surface area contributed by atoms with E-state index in [1.54, 1.807) is 0 Å². The third-order valence-electron chi connectivity index (χ3n) is 8.69. The molecular formula is C41H35N3. The minimum atomic E-state index is 0.103. The van der Waals surface area contributed by atoms with E-state index in [1.165, 1.54) is 16.7 Å². The number of aromatic nitrogens is 3. The lowest BCUT2D eigenvalue weighted by Gasteiger charge is -2.30. The van der Waals surface area contributed by atoms with Crippen molar-refractivity contribution in [2.45, 2.75) is 26.2 Å². The van der Waals surface area contributed by atoms with Crippen molar-refractivity contribution >= 4 is 16.7 Å². The van der Waals surface area contributed by atoms with Crippen LogP contribution < -0.4 is 0 Å². The van der Waals surface area contributed by atoms with Crippen LogP contribution in [0.25, 0.3) is 39.2 Å². The summed E-state index contributed by atoms with van der Waals surface area (Å²) in [7, 11) is 0. The summed E-state index contributed by atoms with van der Waals surface area (Å²) in [5.41, 5.74) is 12.1. The molecule has 3 heterocycles. The summed E-state index contributed by atoms with van der Waals surface area (Å²) >= 11 is 0. The second-order valence-electron chi connectivity index (χ2n) is 11.8. The van der Waals surface area contributed by atoms with Crippen molar-refractivity contribution in [2.75, 3.05) is 0 Å². The van der Waals surface area contributed by atoms with Crippen molar-refractivity contribution in [3.05, 3.63) is 168 Å². The van der Waals surface area contributed by atoms with Crippen LogP contribution in [0.3, 0.4) is 0 Å². The molecule has 0 spiro atoms. The van der Waals surface area contributed by atoms with Crippen LogP contribution in [0.1, 0.15) is 48.7 Å². The van der Waals surface area contributed by atoms with Crippen LogP contribution in [-0.4, -0.2) is 15.0 Å². The Bertz CT molecular complexity index is 1830. The van der Waals surface area contributed by atoms with Gasteiger partial charge in [0.25, 0.3) is 0 Å². The predicted molar refractivity (Wildman–Crippen MR) is 182 cm³/mol. The summed E-state index contributed by atoms with van der Waals surface area (Å²) in [6.07, 6.45) is 16.5. The summed E-state index contributed by atoms with van der Waals surface area (Å²) in [5.74, 6) is 0.833. The van der Waals surface area contributed by atoms with Gasteiger partial charge in [0.15, 0.2) is 0 Å². The highest BCUT2D eigenvalue weighted by Gasteiger charge is 2.29. The first-order valence-electron chi connectivity index (χ1n) is 15.5. The zero-order valence-electron chi connectivity index (χ0n) is 25.1. The molecule has 5 aromatic rings. The molecule has 3 nitrogen and oxygen atoms in total. The molecule has 214 valence electrons. The molecule has 0 fully saturated rings. The van der Waals surface area contributed by atoms with Crippen molar-refractivity contribution < 1.29 is 0 Å². The van der Waals surface area contributed by atoms with Crippen molar-refractivity contribution in [2.24, 2.45) is 11.8 Å². The number of rotatable bonds is 6.